The van der Waals surface area contributed by atoms with Gasteiger partial charge >= 0.3 is 11.9 Å². The molecule has 0 aliphatic carbocycles. The second kappa shape index (κ2) is 6.70. The molecule has 0 rings (SSSR count). The highest BCUT2D eigenvalue weighted by Crippen LogP contribution is 2.19. The van der Waals surface area contributed by atoms with Crippen molar-refractivity contribution in [3.05, 3.63) is 0 Å². The summed E-state index contributed by atoms with van der Waals surface area (Å²) in [5, 5.41) is 8.61. The molecule has 82 valence electrons. The van der Waals surface area contributed by atoms with Crippen LogP contribution in [0.25, 0.3) is 0 Å². The third-order valence-corrected chi connectivity index (χ3v) is 3.20. The number of ether oxygens (including phenoxy) is 1. The van der Waals surface area contributed by atoms with Gasteiger partial charge < -0.3 is 9.84 Å². The summed E-state index contributed by atoms with van der Waals surface area (Å²) in [6, 6.07) is 0. The molecule has 0 saturated heterocycles. The van der Waals surface area contributed by atoms with Crippen LogP contribution in [-0.4, -0.2) is 34.7 Å². The number of carboxylic acids is 1. The van der Waals surface area contributed by atoms with Crippen LogP contribution in [0.1, 0.15) is 20.8 Å². The van der Waals surface area contributed by atoms with Crippen LogP contribution < -0.4 is 0 Å². The van der Waals surface area contributed by atoms with E-state index in [1.807, 2.05) is 0 Å². The molecule has 0 aliphatic heterocycles. The van der Waals surface area contributed by atoms with Gasteiger partial charge in [-0.15, -0.1) is 11.8 Å². The number of esters is 1. The number of carboxylic acid groups (broad SMARTS) is 1. The summed E-state index contributed by atoms with van der Waals surface area (Å²) in [5.41, 5.74) is 0. The molecule has 14 heavy (non-hydrogen) atoms. The number of hydrogen-bond donors (Lipinski definition) is 1. The Kier molecular flexibility index (Phi) is 6.36. The standard InChI is InChI=1S/C9H16O4S/c1-4-13-8(10)5-14-7(3)6(2)9(11)12/h6-7H,4-5H2,1-3H3,(H,11,12). The van der Waals surface area contributed by atoms with Crippen LogP contribution in [0.15, 0.2) is 0 Å². The summed E-state index contributed by atoms with van der Waals surface area (Å²) < 4.78 is 4.73. The molecule has 2 unspecified atom stereocenters. The van der Waals surface area contributed by atoms with E-state index >= 15 is 0 Å². The summed E-state index contributed by atoms with van der Waals surface area (Å²) in [6.45, 7) is 5.53. The molecule has 0 aromatic rings. The van der Waals surface area contributed by atoms with Crippen LogP contribution >= 0.6 is 11.8 Å². The van der Waals surface area contributed by atoms with E-state index in [0.717, 1.165) is 0 Å². The van der Waals surface area contributed by atoms with Gasteiger partial charge in [0, 0.05) is 5.25 Å². The largest absolute Gasteiger partial charge is 0.481 e. The zero-order valence-corrected chi connectivity index (χ0v) is 9.47. The molecule has 1 N–H and O–H groups in total. The average molecular weight is 220 g/mol. The number of hydrogen-bond acceptors (Lipinski definition) is 4. The molecule has 0 fully saturated rings. The minimum absolute atomic E-state index is 0.0862. The maximum absolute atomic E-state index is 10.9. The monoisotopic (exact) mass is 220 g/mol. The number of carbonyl (C=O) groups is 2. The Labute approximate surface area is 88.0 Å². The Hall–Kier alpha value is -0.710. The van der Waals surface area contributed by atoms with Gasteiger partial charge in [-0.2, -0.15) is 0 Å². The van der Waals surface area contributed by atoms with Crippen LogP contribution in [0, 0.1) is 5.92 Å². The first-order valence-corrected chi connectivity index (χ1v) is 5.54. The summed E-state index contributed by atoms with van der Waals surface area (Å²) in [4.78, 5) is 21.5. The molecule has 0 bridgehead atoms. The maximum atomic E-state index is 10.9. The van der Waals surface area contributed by atoms with Gasteiger partial charge in [-0.25, -0.2) is 0 Å². The maximum Gasteiger partial charge on any atom is 0.315 e. The number of thioether (sulfide) groups is 1. The SMILES string of the molecule is CCOC(=O)CSC(C)C(C)C(=O)O. The van der Waals surface area contributed by atoms with Crippen molar-refractivity contribution in [2.24, 2.45) is 5.92 Å². The highest BCUT2D eigenvalue weighted by molar-refractivity contribution is 8.00. The van der Waals surface area contributed by atoms with Gasteiger partial charge in [0.2, 0.25) is 0 Å². The minimum atomic E-state index is -0.839. The lowest BCUT2D eigenvalue weighted by Crippen LogP contribution is -2.21. The lowest BCUT2D eigenvalue weighted by molar-refractivity contribution is -0.141. The fourth-order valence-corrected chi connectivity index (χ4v) is 1.63. The fourth-order valence-electron chi connectivity index (χ4n) is 0.747. The second-order valence-electron chi connectivity index (χ2n) is 2.95. The third kappa shape index (κ3) is 5.11. The Bertz CT molecular complexity index is 205. The molecular formula is C9H16O4S. The molecule has 2 atom stereocenters. The van der Waals surface area contributed by atoms with Gasteiger partial charge in [-0.3, -0.25) is 9.59 Å². The van der Waals surface area contributed by atoms with Gasteiger partial charge in [0.15, 0.2) is 0 Å². The predicted molar refractivity (Wildman–Crippen MR) is 55.4 cm³/mol. The number of aliphatic carboxylic acids is 1. The molecule has 0 spiro atoms. The van der Waals surface area contributed by atoms with Crippen LogP contribution in [0.2, 0.25) is 0 Å². The van der Waals surface area contributed by atoms with E-state index < -0.39 is 11.9 Å². The summed E-state index contributed by atoms with van der Waals surface area (Å²) in [7, 11) is 0. The third-order valence-electron chi connectivity index (χ3n) is 1.86. The normalized spacial score (nSPS) is 14.5. The van der Waals surface area contributed by atoms with Gasteiger partial charge in [0.25, 0.3) is 0 Å². The summed E-state index contributed by atoms with van der Waals surface area (Å²) in [5.74, 6) is -1.36. The van der Waals surface area contributed by atoms with Crippen molar-refractivity contribution in [1.29, 1.82) is 0 Å². The van der Waals surface area contributed by atoms with E-state index in [1.54, 1.807) is 20.8 Å². The topological polar surface area (TPSA) is 63.6 Å². The molecule has 0 amide bonds. The van der Waals surface area contributed by atoms with E-state index in [0.29, 0.717) is 6.61 Å². The van der Waals surface area contributed by atoms with Crippen molar-refractivity contribution in [1.82, 2.24) is 0 Å². The Balaban J connectivity index is 3.78. The van der Waals surface area contributed by atoms with Gasteiger partial charge in [0.1, 0.15) is 0 Å². The van der Waals surface area contributed by atoms with Crippen molar-refractivity contribution in [3.63, 3.8) is 0 Å². The molecule has 0 radical (unpaired) electrons. The van der Waals surface area contributed by atoms with Crippen LogP contribution in [0.3, 0.4) is 0 Å². The van der Waals surface area contributed by atoms with Crippen LogP contribution in [-0.2, 0) is 14.3 Å². The predicted octanol–water partition coefficient (Wildman–Crippen LogP) is 1.39. The van der Waals surface area contributed by atoms with E-state index in [1.165, 1.54) is 11.8 Å². The minimum Gasteiger partial charge on any atom is -0.481 e. The first kappa shape index (κ1) is 13.3. The highest BCUT2D eigenvalue weighted by atomic mass is 32.2. The zero-order chi connectivity index (χ0) is 11.1. The first-order valence-electron chi connectivity index (χ1n) is 4.49. The van der Waals surface area contributed by atoms with Gasteiger partial charge in [0.05, 0.1) is 18.3 Å². The van der Waals surface area contributed by atoms with E-state index in [2.05, 4.69) is 0 Å². The molecule has 0 aliphatic rings. The van der Waals surface area contributed by atoms with Crippen molar-refractivity contribution in [2.75, 3.05) is 12.4 Å². The number of carbonyl (C=O) groups excluding carboxylic acids is 1. The Morgan fingerprint density at radius 1 is 1.43 bits per heavy atom. The lowest BCUT2D eigenvalue weighted by Gasteiger charge is -2.14. The lowest BCUT2D eigenvalue weighted by atomic mass is 10.1. The first-order chi connectivity index (χ1) is 6.49. The Morgan fingerprint density at radius 3 is 2.43 bits per heavy atom. The molecule has 5 heteroatoms. The second-order valence-corrected chi connectivity index (χ2v) is 4.31. The van der Waals surface area contributed by atoms with Crippen molar-refractivity contribution in [2.45, 2.75) is 26.0 Å². The van der Waals surface area contributed by atoms with Crippen molar-refractivity contribution in [3.8, 4) is 0 Å². The average Bonchev–Trinajstić information content (AvgIpc) is 2.13. The molecule has 0 aromatic heterocycles. The molecule has 0 aromatic carbocycles. The fraction of sp³-hybridized carbons (Fsp3) is 0.778. The quantitative estimate of drug-likeness (QED) is 0.685. The highest BCUT2D eigenvalue weighted by Gasteiger charge is 2.20. The molecule has 0 saturated carbocycles. The van der Waals surface area contributed by atoms with E-state index in [4.69, 9.17) is 9.84 Å². The van der Waals surface area contributed by atoms with E-state index in [9.17, 15) is 9.59 Å². The van der Waals surface area contributed by atoms with Crippen LogP contribution in [0.5, 0.6) is 0 Å². The van der Waals surface area contributed by atoms with Crippen molar-refractivity contribution >= 4 is 23.7 Å². The molecular weight excluding hydrogens is 204 g/mol. The summed E-state index contributed by atoms with van der Waals surface area (Å²) >= 11 is 1.31. The zero-order valence-electron chi connectivity index (χ0n) is 8.65. The smallest absolute Gasteiger partial charge is 0.315 e. The van der Waals surface area contributed by atoms with Crippen molar-refractivity contribution < 1.29 is 19.4 Å². The number of rotatable bonds is 6. The van der Waals surface area contributed by atoms with Crippen LogP contribution in [0.4, 0.5) is 0 Å². The van der Waals surface area contributed by atoms with Gasteiger partial charge in [-0.1, -0.05) is 13.8 Å². The molecule has 4 nitrogen and oxygen atoms in total. The molecule has 0 heterocycles. The Morgan fingerprint density at radius 2 is 2.00 bits per heavy atom. The van der Waals surface area contributed by atoms with E-state index in [-0.39, 0.29) is 17.0 Å². The van der Waals surface area contributed by atoms with Gasteiger partial charge in [-0.05, 0) is 6.92 Å². The summed E-state index contributed by atoms with van der Waals surface area (Å²) in [6.07, 6.45) is 0.